The topological polar surface area (TPSA) is 33.7 Å². The van der Waals surface area contributed by atoms with Gasteiger partial charge in [0.05, 0.1) is 19.3 Å². The lowest BCUT2D eigenvalue weighted by Gasteiger charge is -2.25. The zero-order valence-corrected chi connectivity index (χ0v) is 10.3. The first-order valence-corrected chi connectivity index (χ1v) is 6.42. The Bertz CT molecular complexity index is 195. The standard InChI is InChI=1S/C12H24N2O2/c1-15-10-11-2-5-14(9-11)6-3-12-8-13-4-7-16-12/h11-13H,2-10H2,1H3. The first-order chi connectivity index (χ1) is 7.88. The van der Waals surface area contributed by atoms with E-state index in [-0.39, 0.29) is 0 Å². The van der Waals surface area contributed by atoms with Crippen LogP contribution in [-0.4, -0.2) is 64.1 Å². The van der Waals surface area contributed by atoms with Crippen molar-refractivity contribution in [2.45, 2.75) is 18.9 Å². The van der Waals surface area contributed by atoms with Crippen molar-refractivity contribution in [1.82, 2.24) is 10.2 Å². The van der Waals surface area contributed by atoms with E-state index >= 15 is 0 Å². The van der Waals surface area contributed by atoms with Crippen LogP contribution in [0, 0.1) is 5.92 Å². The van der Waals surface area contributed by atoms with Gasteiger partial charge in [0.15, 0.2) is 0 Å². The molecule has 0 aliphatic carbocycles. The summed E-state index contributed by atoms with van der Waals surface area (Å²) in [5.74, 6) is 0.746. The predicted molar refractivity (Wildman–Crippen MR) is 63.6 cm³/mol. The zero-order valence-electron chi connectivity index (χ0n) is 10.3. The molecule has 2 aliphatic heterocycles. The Labute approximate surface area is 98.3 Å². The molecular formula is C12H24N2O2. The van der Waals surface area contributed by atoms with Crippen molar-refractivity contribution < 1.29 is 9.47 Å². The molecule has 0 aromatic carbocycles. The first kappa shape index (κ1) is 12.3. The molecule has 1 N–H and O–H groups in total. The van der Waals surface area contributed by atoms with Gasteiger partial charge in [-0.05, 0) is 25.3 Å². The molecule has 2 heterocycles. The summed E-state index contributed by atoms with van der Waals surface area (Å²) in [4.78, 5) is 2.54. The fraction of sp³-hybridized carbons (Fsp3) is 1.00. The molecule has 0 saturated carbocycles. The maximum absolute atomic E-state index is 5.70. The molecule has 0 spiro atoms. The number of morpholine rings is 1. The van der Waals surface area contributed by atoms with Gasteiger partial charge in [-0.2, -0.15) is 0 Å². The van der Waals surface area contributed by atoms with E-state index in [2.05, 4.69) is 10.2 Å². The maximum atomic E-state index is 5.70. The van der Waals surface area contributed by atoms with Crippen molar-refractivity contribution in [1.29, 1.82) is 0 Å². The van der Waals surface area contributed by atoms with Gasteiger partial charge in [-0.3, -0.25) is 0 Å². The third-order valence-corrected chi connectivity index (χ3v) is 3.54. The Morgan fingerprint density at radius 1 is 1.50 bits per heavy atom. The van der Waals surface area contributed by atoms with Gasteiger partial charge in [-0.25, -0.2) is 0 Å². The third kappa shape index (κ3) is 3.70. The zero-order chi connectivity index (χ0) is 11.2. The lowest BCUT2D eigenvalue weighted by Crippen LogP contribution is -2.40. The van der Waals surface area contributed by atoms with E-state index in [0.717, 1.165) is 38.6 Å². The highest BCUT2D eigenvalue weighted by Gasteiger charge is 2.23. The molecule has 4 nitrogen and oxygen atoms in total. The van der Waals surface area contributed by atoms with Crippen molar-refractivity contribution in [3.8, 4) is 0 Å². The highest BCUT2D eigenvalue weighted by molar-refractivity contribution is 4.77. The van der Waals surface area contributed by atoms with E-state index in [1.54, 1.807) is 7.11 Å². The smallest absolute Gasteiger partial charge is 0.0712 e. The van der Waals surface area contributed by atoms with Crippen molar-refractivity contribution >= 4 is 0 Å². The normalized spacial score (nSPS) is 32.1. The summed E-state index contributed by atoms with van der Waals surface area (Å²) >= 11 is 0. The minimum atomic E-state index is 0.426. The van der Waals surface area contributed by atoms with Crippen molar-refractivity contribution in [2.75, 3.05) is 53.0 Å². The Balaban J connectivity index is 1.59. The van der Waals surface area contributed by atoms with Crippen LogP contribution in [0.4, 0.5) is 0 Å². The summed E-state index contributed by atoms with van der Waals surface area (Å²) in [5, 5.41) is 3.38. The first-order valence-electron chi connectivity index (χ1n) is 6.42. The summed E-state index contributed by atoms with van der Waals surface area (Å²) in [6.45, 7) is 7.43. The number of likely N-dealkylation sites (tertiary alicyclic amines) is 1. The molecule has 2 unspecified atom stereocenters. The number of nitrogens with zero attached hydrogens (tertiary/aromatic N) is 1. The summed E-state index contributed by atoms with van der Waals surface area (Å²) in [6, 6.07) is 0. The van der Waals surface area contributed by atoms with Crippen LogP contribution in [0.5, 0.6) is 0 Å². The molecule has 0 aromatic heterocycles. The molecule has 2 fully saturated rings. The van der Waals surface area contributed by atoms with Crippen LogP contribution in [-0.2, 0) is 9.47 Å². The van der Waals surface area contributed by atoms with Gasteiger partial charge in [0.2, 0.25) is 0 Å². The van der Waals surface area contributed by atoms with Crippen molar-refractivity contribution in [2.24, 2.45) is 5.92 Å². The molecular weight excluding hydrogens is 204 g/mol. The van der Waals surface area contributed by atoms with E-state index in [0.29, 0.717) is 6.10 Å². The number of ether oxygens (including phenoxy) is 2. The Hall–Kier alpha value is -0.160. The highest BCUT2D eigenvalue weighted by atomic mass is 16.5. The molecule has 2 aliphatic rings. The average molecular weight is 228 g/mol. The van der Waals surface area contributed by atoms with Gasteiger partial charge in [-0.15, -0.1) is 0 Å². The summed E-state index contributed by atoms with van der Waals surface area (Å²) < 4.78 is 10.9. The predicted octanol–water partition coefficient (Wildman–Crippen LogP) is 0.333. The Kier molecular flexibility index (Phi) is 5.03. The van der Waals surface area contributed by atoms with Gasteiger partial charge in [0, 0.05) is 33.3 Å². The Morgan fingerprint density at radius 2 is 2.44 bits per heavy atom. The number of nitrogens with one attached hydrogen (secondary N) is 1. The minimum Gasteiger partial charge on any atom is -0.384 e. The van der Waals surface area contributed by atoms with E-state index in [1.165, 1.54) is 26.1 Å². The van der Waals surface area contributed by atoms with Crippen LogP contribution < -0.4 is 5.32 Å². The molecule has 2 saturated heterocycles. The third-order valence-electron chi connectivity index (χ3n) is 3.54. The van der Waals surface area contributed by atoms with Crippen molar-refractivity contribution in [3.63, 3.8) is 0 Å². The lowest BCUT2D eigenvalue weighted by molar-refractivity contribution is 0.0183. The van der Waals surface area contributed by atoms with Gasteiger partial charge < -0.3 is 19.7 Å². The van der Waals surface area contributed by atoms with Crippen LogP contribution in [0.25, 0.3) is 0 Å². The number of methoxy groups -OCH3 is 1. The van der Waals surface area contributed by atoms with Gasteiger partial charge in [-0.1, -0.05) is 0 Å². The number of hydrogen-bond donors (Lipinski definition) is 1. The van der Waals surface area contributed by atoms with E-state index < -0.39 is 0 Å². The highest BCUT2D eigenvalue weighted by Crippen LogP contribution is 2.17. The molecule has 4 heteroatoms. The molecule has 16 heavy (non-hydrogen) atoms. The molecule has 0 bridgehead atoms. The second-order valence-electron chi connectivity index (χ2n) is 4.90. The monoisotopic (exact) mass is 228 g/mol. The fourth-order valence-electron chi connectivity index (χ4n) is 2.62. The summed E-state index contributed by atoms with van der Waals surface area (Å²) in [7, 11) is 1.80. The maximum Gasteiger partial charge on any atom is 0.0712 e. The van der Waals surface area contributed by atoms with Crippen LogP contribution in [0.2, 0.25) is 0 Å². The fourth-order valence-corrected chi connectivity index (χ4v) is 2.62. The number of hydrogen-bond acceptors (Lipinski definition) is 4. The molecule has 0 amide bonds. The van der Waals surface area contributed by atoms with Crippen LogP contribution in [0.1, 0.15) is 12.8 Å². The summed E-state index contributed by atoms with van der Waals surface area (Å²) in [6.07, 6.45) is 2.87. The largest absolute Gasteiger partial charge is 0.384 e. The van der Waals surface area contributed by atoms with Gasteiger partial charge >= 0.3 is 0 Å². The van der Waals surface area contributed by atoms with Crippen LogP contribution in [0.3, 0.4) is 0 Å². The number of rotatable bonds is 5. The van der Waals surface area contributed by atoms with Crippen LogP contribution >= 0.6 is 0 Å². The molecule has 2 atom stereocenters. The second-order valence-corrected chi connectivity index (χ2v) is 4.90. The second kappa shape index (κ2) is 6.55. The molecule has 0 aromatic rings. The molecule has 0 radical (unpaired) electrons. The lowest BCUT2D eigenvalue weighted by atomic mass is 10.1. The summed E-state index contributed by atoms with van der Waals surface area (Å²) in [5.41, 5.74) is 0. The molecule has 2 rings (SSSR count). The minimum absolute atomic E-state index is 0.426. The quantitative estimate of drug-likeness (QED) is 0.735. The van der Waals surface area contributed by atoms with E-state index in [9.17, 15) is 0 Å². The van der Waals surface area contributed by atoms with E-state index in [1.807, 2.05) is 0 Å². The van der Waals surface area contributed by atoms with Gasteiger partial charge in [0.25, 0.3) is 0 Å². The van der Waals surface area contributed by atoms with Crippen molar-refractivity contribution in [3.05, 3.63) is 0 Å². The van der Waals surface area contributed by atoms with Crippen LogP contribution in [0.15, 0.2) is 0 Å². The van der Waals surface area contributed by atoms with E-state index in [4.69, 9.17) is 9.47 Å². The SMILES string of the molecule is COCC1CCN(CCC2CNCCO2)C1. The average Bonchev–Trinajstić information content (AvgIpc) is 2.76. The van der Waals surface area contributed by atoms with Gasteiger partial charge in [0.1, 0.15) is 0 Å². The molecule has 94 valence electrons. The Morgan fingerprint density at radius 3 is 3.19 bits per heavy atom.